The van der Waals surface area contributed by atoms with Crippen molar-refractivity contribution >= 4 is 17.5 Å². The van der Waals surface area contributed by atoms with E-state index in [1.54, 1.807) is 18.9 Å². The molecule has 2 nitrogen and oxygen atoms in total. The van der Waals surface area contributed by atoms with Crippen LogP contribution in [0.25, 0.3) is 0 Å². The van der Waals surface area contributed by atoms with Crippen molar-refractivity contribution in [3.8, 4) is 5.75 Å². The van der Waals surface area contributed by atoms with Crippen LogP contribution < -0.4 is 4.74 Å². The average molecular weight is 266 g/mol. The maximum absolute atomic E-state index is 12.2. The van der Waals surface area contributed by atoms with Gasteiger partial charge < -0.3 is 4.74 Å². The number of methoxy groups -OCH3 is 1. The van der Waals surface area contributed by atoms with Crippen LogP contribution in [-0.4, -0.2) is 24.4 Å². The normalized spacial score (nSPS) is 10.7. The van der Waals surface area contributed by atoms with Gasteiger partial charge in [-0.3, -0.25) is 4.79 Å². The predicted octanol–water partition coefficient (Wildman–Crippen LogP) is 4.14. The summed E-state index contributed by atoms with van der Waals surface area (Å²) in [5.41, 5.74) is 1.92. The fraction of sp³-hybridized carbons (Fsp3) is 0.533. The first kappa shape index (κ1) is 15.1. The standard InChI is InChI=1S/C15H22O2S/c1-5-8-18-10-15(16)13-7-6-12(17-4)9-14(13)11(2)3/h6-7,9,11H,5,8,10H2,1-4H3. The number of thioether (sulfide) groups is 1. The van der Waals surface area contributed by atoms with Gasteiger partial charge in [-0.05, 0) is 41.9 Å². The largest absolute Gasteiger partial charge is 0.497 e. The van der Waals surface area contributed by atoms with Crippen LogP contribution in [0.2, 0.25) is 0 Å². The molecule has 3 heteroatoms. The van der Waals surface area contributed by atoms with Crippen LogP contribution in [0, 0.1) is 0 Å². The van der Waals surface area contributed by atoms with Gasteiger partial charge in [-0.25, -0.2) is 0 Å². The van der Waals surface area contributed by atoms with Gasteiger partial charge in [-0.15, -0.1) is 0 Å². The van der Waals surface area contributed by atoms with Crippen LogP contribution in [0.5, 0.6) is 5.75 Å². The number of carbonyl (C=O) groups excluding carboxylic acids is 1. The molecule has 0 aliphatic heterocycles. The molecular weight excluding hydrogens is 244 g/mol. The Morgan fingerprint density at radius 3 is 2.67 bits per heavy atom. The van der Waals surface area contributed by atoms with E-state index in [2.05, 4.69) is 20.8 Å². The summed E-state index contributed by atoms with van der Waals surface area (Å²) in [6.07, 6.45) is 1.11. The first-order valence-corrected chi connectivity index (χ1v) is 7.54. The minimum absolute atomic E-state index is 0.222. The molecule has 1 aromatic rings. The van der Waals surface area contributed by atoms with E-state index in [1.165, 1.54) is 0 Å². The van der Waals surface area contributed by atoms with Gasteiger partial charge >= 0.3 is 0 Å². The Labute approximate surface area is 114 Å². The second-order valence-electron chi connectivity index (χ2n) is 4.58. The molecule has 0 radical (unpaired) electrons. The van der Waals surface area contributed by atoms with Gasteiger partial charge in [0.25, 0.3) is 0 Å². The van der Waals surface area contributed by atoms with Gasteiger partial charge in [0.1, 0.15) is 5.75 Å². The topological polar surface area (TPSA) is 26.3 Å². The van der Waals surface area contributed by atoms with Crippen LogP contribution >= 0.6 is 11.8 Å². The van der Waals surface area contributed by atoms with Crippen molar-refractivity contribution in [2.24, 2.45) is 0 Å². The van der Waals surface area contributed by atoms with E-state index < -0.39 is 0 Å². The Bertz CT molecular complexity index is 399. The average Bonchev–Trinajstić information content (AvgIpc) is 2.38. The summed E-state index contributed by atoms with van der Waals surface area (Å²) in [5.74, 6) is 2.98. The van der Waals surface area contributed by atoms with Crippen LogP contribution in [0.3, 0.4) is 0 Å². The second kappa shape index (κ2) is 7.47. The molecule has 0 saturated heterocycles. The molecule has 0 aliphatic rings. The van der Waals surface area contributed by atoms with E-state index >= 15 is 0 Å². The molecule has 100 valence electrons. The van der Waals surface area contributed by atoms with Crippen LogP contribution in [-0.2, 0) is 0 Å². The number of benzene rings is 1. The molecule has 0 N–H and O–H groups in total. The lowest BCUT2D eigenvalue weighted by Crippen LogP contribution is -2.08. The zero-order valence-corrected chi connectivity index (χ0v) is 12.5. The highest BCUT2D eigenvalue weighted by atomic mass is 32.2. The highest BCUT2D eigenvalue weighted by Gasteiger charge is 2.14. The molecular formula is C15H22O2S. The molecule has 0 fully saturated rings. The SMILES string of the molecule is CCCSCC(=O)c1ccc(OC)cc1C(C)C. The summed E-state index contributed by atoms with van der Waals surface area (Å²) < 4.78 is 5.22. The number of ether oxygens (including phenoxy) is 1. The smallest absolute Gasteiger partial charge is 0.173 e. The molecule has 0 unspecified atom stereocenters. The second-order valence-corrected chi connectivity index (χ2v) is 5.69. The molecule has 0 saturated carbocycles. The Balaban J connectivity index is 2.89. The van der Waals surface area contributed by atoms with Crippen LogP contribution in [0.15, 0.2) is 18.2 Å². The summed E-state index contributed by atoms with van der Waals surface area (Å²) in [4.78, 5) is 12.2. The Morgan fingerprint density at radius 2 is 2.11 bits per heavy atom. The van der Waals surface area contributed by atoms with Crippen molar-refractivity contribution in [2.45, 2.75) is 33.1 Å². The van der Waals surface area contributed by atoms with Gasteiger partial charge in [-0.2, -0.15) is 11.8 Å². The first-order chi connectivity index (χ1) is 8.60. The van der Waals surface area contributed by atoms with Gasteiger partial charge in [-0.1, -0.05) is 20.8 Å². The molecule has 0 amide bonds. The lowest BCUT2D eigenvalue weighted by Gasteiger charge is -2.13. The van der Waals surface area contributed by atoms with Gasteiger partial charge in [0.15, 0.2) is 5.78 Å². The molecule has 0 bridgehead atoms. The number of hydrogen-bond acceptors (Lipinski definition) is 3. The van der Waals surface area contributed by atoms with Crippen molar-refractivity contribution in [1.29, 1.82) is 0 Å². The summed E-state index contributed by atoms with van der Waals surface area (Å²) in [6.45, 7) is 6.33. The number of rotatable bonds is 7. The van der Waals surface area contributed by atoms with Gasteiger partial charge in [0.2, 0.25) is 0 Å². The molecule has 0 aliphatic carbocycles. The van der Waals surface area contributed by atoms with Crippen molar-refractivity contribution < 1.29 is 9.53 Å². The maximum atomic E-state index is 12.2. The number of Topliss-reactive ketones (excluding diaryl/α,β-unsaturated/α-hetero) is 1. The highest BCUT2D eigenvalue weighted by molar-refractivity contribution is 7.99. The fourth-order valence-electron chi connectivity index (χ4n) is 1.79. The lowest BCUT2D eigenvalue weighted by molar-refractivity contribution is 0.102. The summed E-state index contributed by atoms with van der Waals surface area (Å²) in [7, 11) is 1.65. The molecule has 0 aromatic heterocycles. The molecule has 0 spiro atoms. The predicted molar refractivity (Wildman–Crippen MR) is 79.0 cm³/mol. The van der Waals surface area contributed by atoms with Crippen LogP contribution in [0.1, 0.15) is 49.0 Å². The highest BCUT2D eigenvalue weighted by Crippen LogP contribution is 2.25. The Kier molecular flexibility index (Phi) is 6.27. The van der Waals surface area contributed by atoms with E-state index in [9.17, 15) is 4.79 Å². The van der Waals surface area contributed by atoms with Crippen molar-refractivity contribution in [1.82, 2.24) is 0 Å². The molecule has 1 rings (SSSR count). The number of carbonyl (C=O) groups is 1. The minimum Gasteiger partial charge on any atom is -0.497 e. The number of ketones is 1. The third kappa shape index (κ3) is 4.05. The van der Waals surface area contributed by atoms with Crippen molar-refractivity contribution in [3.63, 3.8) is 0 Å². The van der Waals surface area contributed by atoms with E-state index in [1.807, 2.05) is 18.2 Å². The zero-order valence-electron chi connectivity index (χ0n) is 11.7. The monoisotopic (exact) mass is 266 g/mol. The Hall–Kier alpha value is -0.960. The van der Waals surface area contributed by atoms with Crippen molar-refractivity contribution in [2.75, 3.05) is 18.6 Å². The first-order valence-electron chi connectivity index (χ1n) is 6.39. The van der Waals surface area contributed by atoms with E-state index in [-0.39, 0.29) is 5.78 Å². The van der Waals surface area contributed by atoms with Gasteiger partial charge in [0, 0.05) is 5.56 Å². The Morgan fingerprint density at radius 1 is 1.39 bits per heavy atom. The molecule has 0 atom stereocenters. The van der Waals surface area contributed by atoms with E-state index in [4.69, 9.17) is 4.74 Å². The van der Waals surface area contributed by atoms with Gasteiger partial charge in [0.05, 0.1) is 12.9 Å². The minimum atomic E-state index is 0.222. The quantitative estimate of drug-likeness (QED) is 0.548. The molecule has 0 heterocycles. The third-order valence-electron chi connectivity index (χ3n) is 2.76. The van der Waals surface area contributed by atoms with E-state index in [0.29, 0.717) is 11.7 Å². The maximum Gasteiger partial charge on any atom is 0.173 e. The molecule has 18 heavy (non-hydrogen) atoms. The zero-order chi connectivity index (χ0) is 13.5. The van der Waals surface area contributed by atoms with Crippen LogP contribution in [0.4, 0.5) is 0 Å². The molecule has 1 aromatic carbocycles. The fourth-order valence-corrected chi connectivity index (χ4v) is 2.56. The summed E-state index contributed by atoms with van der Waals surface area (Å²) in [6, 6.07) is 5.73. The third-order valence-corrected chi connectivity index (χ3v) is 3.93. The van der Waals surface area contributed by atoms with E-state index in [0.717, 1.165) is 29.1 Å². The summed E-state index contributed by atoms with van der Waals surface area (Å²) >= 11 is 1.71. The summed E-state index contributed by atoms with van der Waals surface area (Å²) in [5, 5.41) is 0. The number of hydrogen-bond donors (Lipinski definition) is 0. The van der Waals surface area contributed by atoms with Crippen molar-refractivity contribution in [3.05, 3.63) is 29.3 Å². The lowest BCUT2D eigenvalue weighted by atomic mass is 9.95.